The van der Waals surface area contributed by atoms with Gasteiger partial charge in [0.25, 0.3) is 0 Å². The molecule has 0 aliphatic rings. The summed E-state index contributed by atoms with van der Waals surface area (Å²) in [7, 11) is 3.42. The quantitative estimate of drug-likeness (QED) is 0.905. The second kappa shape index (κ2) is 4.78. The Balaban J connectivity index is 2.68. The van der Waals surface area contributed by atoms with Crippen LogP contribution < -0.4 is 10.5 Å². The molecule has 1 aromatic heterocycles. The Bertz CT molecular complexity index is 578. The third-order valence-corrected chi connectivity index (χ3v) is 2.96. The number of halogens is 1. The van der Waals surface area contributed by atoms with Crippen LogP contribution in [0.4, 0.5) is 4.39 Å². The van der Waals surface area contributed by atoms with Crippen LogP contribution in [0.5, 0.6) is 5.75 Å². The Labute approximate surface area is 105 Å². The van der Waals surface area contributed by atoms with Gasteiger partial charge in [0.1, 0.15) is 17.4 Å². The van der Waals surface area contributed by atoms with Crippen LogP contribution in [0.15, 0.2) is 18.2 Å². The summed E-state index contributed by atoms with van der Waals surface area (Å²) in [5.74, 6) is 1.07. The van der Waals surface area contributed by atoms with Crippen molar-refractivity contribution in [3.63, 3.8) is 0 Å². The van der Waals surface area contributed by atoms with E-state index in [1.807, 2.05) is 18.5 Å². The first kappa shape index (κ1) is 12.6. The first-order valence-electron chi connectivity index (χ1n) is 5.64. The minimum Gasteiger partial charge on any atom is -0.496 e. The maximum atomic E-state index is 13.4. The van der Waals surface area contributed by atoms with E-state index in [4.69, 9.17) is 10.5 Å². The minimum atomic E-state index is -0.305. The number of benzene rings is 1. The summed E-state index contributed by atoms with van der Waals surface area (Å²) >= 11 is 0. The van der Waals surface area contributed by atoms with Gasteiger partial charge < -0.3 is 15.0 Å². The molecule has 0 fully saturated rings. The summed E-state index contributed by atoms with van der Waals surface area (Å²) in [6.07, 6.45) is 0. The molecule has 0 saturated carbocycles. The standard InChI is InChI=1S/C13H16FN3O/c1-8-13(17(2)12(7-15)16-8)10-6-9(14)4-5-11(10)18-3/h4-6H,7,15H2,1-3H3. The number of hydrogen-bond donors (Lipinski definition) is 1. The van der Waals surface area contributed by atoms with E-state index in [-0.39, 0.29) is 5.82 Å². The molecule has 0 bridgehead atoms. The fraction of sp³-hybridized carbons (Fsp3) is 0.308. The van der Waals surface area contributed by atoms with Crippen LogP contribution in [0, 0.1) is 12.7 Å². The Morgan fingerprint density at radius 1 is 1.44 bits per heavy atom. The smallest absolute Gasteiger partial charge is 0.128 e. The lowest BCUT2D eigenvalue weighted by Crippen LogP contribution is -2.05. The zero-order valence-electron chi connectivity index (χ0n) is 10.7. The molecule has 96 valence electrons. The highest BCUT2D eigenvalue weighted by Gasteiger charge is 2.16. The SMILES string of the molecule is COc1ccc(F)cc1-c1c(C)nc(CN)n1C. The Hall–Kier alpha value is -1.88. The molecule has 0 aliphatic heterocycles. The average molecular weight is 249 g/mol. The second-order valence-corrected chi connectivity index (χ2v) is 4.07. The molecular formula is C13H16FN3O. The summed E-state index contributed by atoms with van der Waals surface area (Å²) in [5.41, 5.74) is 7.94. The van der Waals surface area contributed by atoms with Crippen LogP contribution in [0.25, 0.3) is 11.3 Å². The van der Waals surface area contributed by atoms with Crippen LogP contribution in [-0.4, -0.2) is 16.7 Å². The van der Waals surface area contributed by atoms with E-state index in [9.17, 15) is 4.39 Å². The lowest BCUT2D eigenvalue weighted by molar-refractivity contribution is 0.415. The van der Waals surface area contributed by atoms with E-state index >= 15 is 0 Å². The van der Waals surface area contributed by atoms with Gasteiger partial charge >= 0.3 is 0 Å². The van der Waals surface area contributed by atoms with Gasteiger partial charge in [0, 0.05) is 12.6 Å². The van der Waals surface area contributed by atoms with Crippen LogP contribution in [-0.2, 0) is 13.6 Å². The van der Waals surface area contributed by atoms with Gasteiger partial charge in [-0.3, -0.25) is 0 Å². The van der Waals surface area contributed by atoms with E-state index in [1.165, 1.54) is 12.1 Å². The number of aromatic nitrogens is 2. The van der Waals surface area contributed by atoms with Gasteiger partial charge in [0.2, 0.25) is 0 Å². The summed E-state index contributed by atoms with van der Waals surface area (Å²) in [5, 5.41) is 0. The van der Waals surface area contributed by atoms with Crippen LogP contribution in [0.1, 0.15) is 11.5 Å². The van der Waals surface area contributed by atoms with Crippen molar-refractivity contribution in [2.45, 2.75) is 13.5 Å². The molecule has 5 heteroatoms. The largest absolute Gasteiger partial charge is 0.496 e. The third kappa shape index (κ3) is 1.97. The van der Waals surface area contributed by atoms with Crippen molar-refractivity contribution in [2.75, 3.05) is 7.11 Å². The topological polar surface area (TPSA) is 53.1 Å². The lowest BCUT2D eigenvalue weighted by Gasteiger charge is -2.11. The molecule has 0 saturated heterocycles. The third-order valence-electron chi connectivity index (χ3n) is 2.96. The maximum absolute atomic E-state index is 13.4. The highest BCUT2D eigenvalue weighted by molar-refractivity contribution is 5.70. The fourth-order valence-electron chi connectivity index (χ4n) is 2.12. The van der Waals surface area contributed by atoms with Gasteiger partial charge in [-0.25, -0.2) is 9.37 Å². The predicted molar refractivity (Wildman–Crippen MR) is 67.8 cm³/mol. The molecule has 1 heterocycles. The molecule has 0 spiro atoms. The molecule has 0 unspecified atom stereocenters. The Morgan fingerprint density at radius 3 is 2.72 bits per heavy atom. The monoisotopic (exact) mass is 249 g/mol. The highest BCUT2D eigenvalue weighted by Crippen LogP contribution is 2.32. The number of methoxy groups -OCH3 is 1. The minimum absolute atomic E-state index is 0.305. The number of rotatable bonds is 3. The van der Waals surface area contributed by atoms with E-state index in [1.54, 1.807) is 13.2 Å². The number of nitrogens with zero attached hydrogens (tertiary/aromatic N) is 2. The van der Waals surface area contributed by atoms with Gasteiger partial charge in [-0.05, 0) is 25.1 Å². The molecule has 0 amide bonds. The Morgan fingerprint density at radius 2 is 2.17 bits per heavy atom. The molecule has 0 atom stereocenters. The molecule has 2 rings (SSSR count). The summed E-state index contributed by atoms with van der Waals surface area (Å²) in [4.78, 5) is 4.37. The van der Waals surface area contributed by atoms with Crippen LogP contribution in [0.3, 0.4) is 0 Å². The zero-order chi connectivity index (χ0) is 13.3. The fourth-order valence-corrected chi connectivity index (χ4v) is 2.12. The van der Waals surface area contributed by atoms with Crippen molar-refractivity contribution in [3.8, 4) is 17.0 Å². The summed E-state index contributed by atoms with van der Waals surface area (Å²) in [6, 6.07) is 4.43. The van der Waals surface area contributed by atoms with E-state index in [0.717, 1.165) is 17.2 Å². The Kier molecular flexibility index (Phi) is 3.34. The number of hydrogen-bond acceptors (Lipinski definition) is 3. The highest BCUT2D eigenvalue weighted by atomic mass is 19.1. The van der Waals surface area contributed by atoms with Gasteiger partial charge in [-0.15, -0.1) is 0 Å². The lowest BCUT2D eigenvalue weighted by atomic mass is 10.1. The zero-order valence-corrected chi connectivity index (χ0v) is 10.7. The van der Waals surface area contributed by atoms with E-state index < -0.39 is 0 Å². The number of ether oxygens (including phenoxy) is 1. The molecule has 0 radical (unpaired) electrons. The van der Waals surface area contributed by atoms with Crippen molar-refractivity contribution < 1.29 is 9.13 Å². The molecule has 18 heavy (non-hydrogen) atoms. The van der Waals surface area contributed by atoms with Crippen LogP contribution in [0.2, 0.25) is 0 Å². The molecule has 4 nitrogen and oxygen atoms in total. The summed E-state index contributed by atoms with van der Waals surface area (Å²) < 4.78 is 20.5. The van der Waals surface area contributed by atoms with Gasteiger partial charge in [0.05, 0.1) is 25.0 Å². The molecule has 0 aliphatic carbocycles. The molecule has 1 aromatic carbocycles. The maximum Gasteiger partial charge on any atom is 0.128 e. The number of imidazole rings is 1. The van der Waals surface area contributed by atoms with Crippen molar-refractivity contribution >= 4 is 0 Å². The van der Waals surface area contributed by atoms with Crippen molar-refractivity contribution in [1.82, 2.24) is 9.55 Å². The number of nitrogens with two attached hydrogens (primary N) is 1. The first-order chi connectivity index (χ1) is 8.58. The number of aryl methyl sites for hydroxylation is 1. The first-order valence-corrected chi connectivity index (χ1v) is 5.64. The van der Waals surface area contributed by atoms with Crippen molar-refractivity contribution in [3.05, 3.63) is 35.5 Å². The summed E-state index contributed by atoms with van der Waals surface area (Å²) in [6.45, 7) is 2.22. The van der Waals surface area contributed by atoms with Gasteiger partial charge in [-0.2, -0.15) is 0 Å². The van der Waals surface area contributed by atoms with E-state index in [2.05, 4.69) is 4.98 Å². The molecule has 2 N–H and O–H groups in total. The molecule has 2 aromatic rings. The normalized spacial score (nSPS) is 10.7. The van der Waals surface area contributed by atoms with Crippen molar-refractivity contribution in [2.24, 2.45) is 12.8 Å². The van der Waals surface area contributed by atoms with Gasteiger partial charge in [-0.1, -0.05) is 0 Å². The van der Waals surface area contributed by atoms with Crippen LogP contribution >= 0.6 is 0 Å². The predicted octanol–water partition coefficient (Wildman–Crippen LogP) is 2.00. The van der Waals surface area contributed by atoms with Gasteiger partial charge in [0.15, 0.2) is 0 Å². The van der Waals surface area contributed by atoms with Crippen molar-refractivity contribution in [1.29, 1.82) is 0 Å². The second-order valence-electron chi connectivity index (χ2n) is 4.07. The average Bonchev–Trinajstić information content (AvgIpc) is 2.64. The van der Waals surface area contributed by atoms with E-state index in [0.29, 0.717) is 17.9 Å². The molecular weight excluding hydrogens is 233 g/mol.